The highest BCUT2D eigenvalue weighted by molar-refractivity contribution is 6.00. The molecule has 3 N–H and O–H groups in total. The van der Waals surface area contributed by atoms with Gasteiger partial charge in [-0.25, -0.2) is 4.79 Å². The van der Waals surface area contributed by atoms with Gasteiger partial charge < -0.3 is 10.7 Å². The van der Waals surface area contributed by atoms with E-state index in [9.17, 15) is 9.59 Å². The first-order valence-electron chi connectivity index (χ1n) is 5.68. The van der Waals surface area contributed by atoms with Crippen molar-refractivity contribution in [3.8, 4) is 0 Å². The lowest BCUT2D eigenvalue weighted by molar-refractivity contribution is 0.100. The topological polar surface area (TPSA) is 80.9 Å². The predicted molar refractivity (Wildman–Crippen MR) is 64.2 cm³/mol. The SMILES string of the molecule is NCC(=O)c1ccc2c(c1)[nH]c(=O)n2C1CC1. The Balaban J connectivity index is 2.18. The molecule has 88 valence electrons. The van der Waals surface area contributed by atoms with Crippen molar-refractivity contribution in [2.24, 2.45) is 5.73 Å². The number of hydrogen-bond acceptors (Lipinski definition) is 3. The predicted octanol–water partition coefficient (Wildman–Crippen LogP) is 0.806. The van der Waals surface area contributed by atoms with E-state index in [0.717, 1.165) is 18.4 Å². The molecular weight excluding hydrogens is 218 g/mol. The Morgan fingerprint density at radius 3 is 2.88 bits per heavy atom. The highest BCUT2D eigenvalue weighted by atomic mass is 16.1. The third-order valence-electron chi connectivity index (χ3n) is 3.14. The second-order valence-corrected chi connectivity index (χ2v) is 4.39. The van der Waals surface area contributed by atoms with Crippen LogP contribution >= 0.6 is 0 Å². The van der Waals surface area contributed by atoms with Gasteiger partial charge in [0.05, 0.1) is 17.6 Å². The van der Waals surface area contributed by atoms with Crippen molar-refractivity contribution in [1.82, 2.24) is 9.55 Å². The monoisotopic (exact) mass is 231 g/mol. The smallest absolute Gasteiger partial charge is 0.324 e. The highest BCUT2D eigenvalue weighted by Crippen LogP contribution is 2.35. The number of carbonyl (C=O) groups is 1. The maximum absolute atomic E-state index is 11.8. The molecule has 1 aliphatic rings. The fourth-order valence-electron chi connectivity index (χ4n) is 2.12. The summed E-state index contributed by atoms with van der Waals surface area (Å²) in [6.45, 7) is -0.0148. The van der Waals surface area contributed by atoms with E-state index in [4.69, 9.17) is 5.73 Å². The van der Waals surface area contributed by atoms with Gasteiger partial charge in [-0.05, 0) is 31.0 Å². The number of rotatable bonds is 3. The van der Waals surface area contributed by atoms with Crippen LogP contribution in [0.1, 0.15) is 29.2 Å². The molecule has 0 aliphatic heterocycles. The Labute approximate surface area is 97.2 Å². The fraction of sp³-hybridized carbons (Fsp3) is 0.333. The molecule has 0 spiro atoms. The number of imidazole rings is 1. The highest BCUT2D eigenvalue weighted by Gasteiger charge is 2.27. The molecule has 0 radical (unpaired) electrons. The number of nitrogens with zero attached hydrogens (tertiary/aromatic N) is 1. The Bertz CT molecular complexity index is 649. The van der Waals surface area contributed by atoms with Gasteiger partial charge in [0.25, 0.3) is 0 Å². The maximum atomic E-state index is 11.8. The molecule has 1 fully saturated rings. The first-order valence-corrected chi connectivity index (χ1v) is 5.68. The first-order chi connectivity index (χ1) is 8.20. The molecule has 1 aromatic heterocycles. The molecule has 5 heteroatoms. The van der Waals surface area contributed by atoms with Crippen LogP contribution in [0.3, 0.4) is 0 Å². The fourth-order valence-corrected chi connectivity index (χ4v) is 2.12. The maximum Gasteiger partial charge on any atom is 0.326 e. The van der Waals surface area contributed by atoms with E-state index in [2.05, 4.69) is 4.98 Å². The van der Waals surface area contributed by atoms with Crippen molar-refractivity contribution < 1.29 is 4.79 Å². The zero-order valence-corrected chi connectivity index (χ0v) is 9.27. The number of hydrogen-bond donors (Lipinski definition) is 2. The van der Waals surface area contributed by atoms with Gasteiger partial charge >= 0.3 is 5.69 Å². The molecule has 17 heavy (non-hydrogen) atoms. The molecule has 0 unspecified atom stereocenters. The molecule has 2 aromatic rings. The lowest BCUT2D eigenvalue weighted by Gasteiger charge is -2.01. The standard InChI is InChI=1S/C12H13N3O2/c13-6-11(16)7-1-4-10-9(5-7)14-12(17)15(10)8-2-3-8/h1,4-5,8H,2-3,6,13H2,(H,14,17). The minimum atomic E-state index is -0.119. The van der Waals surface area contributed by atoms with Gasteiger partial charge in [-0.3, -0.25) is 9.36 Å². The number of nitrogens with one attached hydrogen (secondary N) is 1. The van der Waals surface area contributed by atoms with Crippen LogP contribution in [-0.4, -0.2) is 21.9 Å². The third-order valence-corrected chi connectivity index (χ3v) is 3.14. The Kier molecular flexibility index (Phi) is 2.16. The van der Waals surface area contributed by atoms with E-state index in [1.54, 1.807) is 16.7 Å². The van der Waals surface area contributed by atoms with Crippen molar-refractivity contribution in [1.29, 1.82) is 0 Å². The number of H-pyrrole nitrogens is 1. The lowest BCUT2D eigenvalue weighted by atomic mass is 10.1. The van der Waals surface area contributed by atoms with Gasteiger partial charge in [-0.2, -0.15) is 0 Å². The molecule has 5 nitrogen and oxygen atoms in total. The van der Waals surface area contributed by atoms with Crippen LogP contribution in [0.5, 0.6) is 0 Å². The van der Waals surface area contributed by atoms with Crippen LogP contribution in [-0.2, 0) is 0 Å². The molecule has 0 amide bonds. The van der Waals surface area contributed by atoms with E-state index in [-0.39, 0.29) is 18.0 Å². The normalized spacial score (nSPS) is 15.4. The van der Waals surface area contributed by atoms with Gasteiger partial charge in [0, 0.05) is 11.6 Å². The molecule has 1 aliphatic carbocycles. The van der Waals surface area contributed by atoms with Crippen molar-refractivity contribution in [3.63, 3.8) is 0 Å². The van der Waals surface area contributed by atoms with Gasteiger partial charge in [0.2, 0.25) is 0 Å². The third kappa shape index (κ3) is 1.59. The van der Waals surface area contributed by atoms with E-state index in [1.807, 2.05) is 6.07 Å². The van der Waals surface area contributed by atoms with Crippen molar-refractivity contribution >= 4 is 16.8 Å². The minimum Gasteiger partial charge on any atom is -0.324 e. The number of benzene rings is 1. The van der Waals surface area contributed by atoms with Crippen LogP contribution in [0.15, 0.2) is 23.0 Å². The molecule has 1 saturated carbocycles. The molecule has 1 heterocycles. The number of aromatic amines is 1. The van der Waals surface area contributed by atoms with E-state index >= 15 is 0 Å². The van der Waals surface area contributed by atoms with E-state index < -0.39 is 0 Å². The van der Waals surface area contributed by atoms with E-state index in [0.29, 0.717) is 17.1 Å². The summed E-state index contributed by atoms with van der Waals surface area (Å²) < 4.78 is 1.77. The molecule has 0 saturated heterocycles. The molecular formula is C12H13N3O2. The van der Waals surface area contributed by atoms with Gasteiger partial charge in [0.15, 0.2) is 5.78 Å². The van der Waals surface area contributed by atoms with Crippen LogP contribution in [0.2, 0.25) is 0 Å². The Morgan fingerprint density at radius 1 is 1.47 bits per heavy atom. The zero-order valence-electron chi connectivity index (χ0n) is 9.27. The molecule has 3 rings (SSSR count). The number of aromatic nitrogens is 2. The summed E-state index contributed by atoms with van der Waals surface area (Å²) >= 11 is 0. The number of fused-ring (bicyclic) bond motifs is 1. The van der Waals surface area contributed by atoms with Crippen LogP contribution in [0, 0.1) is 0 Å². The summed E-state index contributed by atoms with van der Waals surface area (Å²) in [5, 5.41) is 0. The summed E-state index contributed by atoms with van der Waals surface area (Å²) in [6.07, 6.45) is 2.10. The van der Waals surface area contributed by atoms with Crippen LogP contribution in [0.4, 0.5) is 0 Å². The van der Waals surface area contributed by atoms with Crippen LogP contribution in [0.25, 0.3) is 11.0 Å². The molecule has 0 bridgehead atoms. The van der Waals surface area contributed by atoms with Crippen molar-refractivity contribution in [2.75, 3.05) is 6.54 Å². The summed E-state index contributed by atoms with van der Waals surface area (Å²) in [5.74, 6) is -0.119. The van der Waals surface area contributed by atoms with Gasteiger partial charge in [0.1, 0.15) is 0 Å². The number of nitrogens with two attached hydrogens (primary N) is 1. The minimum absolute atomic E-state index is 0.0148. The van der Waals surface area contributed by atoms with Gasteiger partial charge in [-0.15, -0.1) is 0 Å². The summed E-state index contributed by atoms with van der Waals surface area (Å²) in [4.78, 5) is 26.0. The Hall–Kier alpha value is -1.88. The average molecular weight is 231 g/mol. The molecule has 0 atom stereocenters. The average Bonchev–Trinajstić information content (AvgIpc) is 3.10. The lowest BCUT2D eigenvalue weighted by Crippen LogP contribution is -2.14. The summed E-state index contributed by atoms with van der Waals surface area (Å²) in [5.41, 5.74) is 7.34. The number of carbonyl (C=O) groups excluding carboxylic acids is 1. The number of ketones is 1. The van der Waals surface area contributed by atoms with Gasteiger partial charge in [-0.1, -0.05) is 0 Å². The summed E-state index contributed by atoms with van der Waals surface area (Å²) in [7, 11) is 0. The number of Topliss-reactive ketones (excluding diaryl/α,β-unsaturated/α-hetero) is 1. The second kappa shape index (κ2) is 3.56. The van der Waals surface area contributed by atoms with Crippen LogP contribution < -0.4 is 11.4 Å². The zero-order chi connectivity index (χ0) is 12.0. The van der Waals surface area contributed by atoms with Crippen molar-refractivity contribution in [2.45, 2.75) is 18.9 Å². The molecule has 1 aromatic carbocycles. The first kappa shape index (κ1) is 10.3. The van der Waals surface area contributed by atoms with E-state index in [1.165, 1.54) is 0 Å². The Morgan fingerprint density at radius 2 is 2.24 bits per heavy atom. The second-order valence-electron chi connectivity index (χ2n) is 4.39. The quantitative estimate of drug-likeness (QED) is 0.767. The summed E-state index contributed by atoms with van der Waals surface area (Å²) in [6, 6.07) is 5.57. The van der Waals surface area contributed by atoms with Crippen molar-refractivity contribution in [3.05, 3.63) is 34.2 Å². The largest absolute Gasteiger partial charge is 0.326 e.